The third-order valence-electron chi connectivity index (χ3n) is 3.78. The first kappa shape index (κ1) is 16.5. The maximum Gasteiger partial charge on any atom is 0.314 e. The van der Waals surface area contributed by atoms with E-state index in [0.29, 0.717) is 18.8 Å². The third-order valence-corrected chi connectivity index (χ3v) is 5.16. The maximum absolute atomic E-state index is 12.0. The Morgan fingerprint density at radius 1 is 1.08 bits per heavy atom. The van der Waals surface area contributed by atoms with Gasteiger partial charge in [0, 0.05) is 23.6 Å². The molecule has 24 heavy (non-hydrogen) atoms. The van der Waals surface area contributed by atoms with Gasteiger partial charge in [0.2, 0.25) is 0 Å². The lowest BCUT2D eigenvalue weighted by atomic mass is 10.1. The summed E-state index contributed by atoms with van der Waals surface area (Å²) in [6.07, 6.45) is 0.765. The van der Waals surface area contributed by atoms with E-state index in [1.165, 1.54) is 5.56 Å². The first-order valence-electron chi connectivity index (χ1n) is 7.92. The fourth-order valence-corrected chi connectivity index (χ4v) is 3.57. The molecule has 1 heterocycles. The van der Waals surface area contributed by atoms with Crippen molar-refractivity contribution in [1.82, 2.24) is 10.6 Å². The van der Waals surface area contributed by atoms with Gasteiger partial charge in [-0.25, -0.2) is 4.79 Å². The number of hydrogen-bond acceptors (Lipinski definition) is 3. The van der Waals surface area contributed by atoms with E-state index in [4.69, 9.17) is 4.74 Å². The van der Waals surface area contributed by atoms with Gasteiger partial charge < -0.3 is 15.4 Å². The van der Waals surface area contributed by atoms with Crippen molar-refractivity contribution in [2.75, 3.05) is 18.8 Å². The second-order valence-electron chi connectivity index (χ2n) is 5.55. The van der Waals surface area contributed by atoms with Gasteiger partial charge in [-0.2, -0.15) is 0 Å². The zero-order chi connectivity index (χ0) is 16.8. The van der Waals surface area contributed by atoms with Crippen LogP contribution in [0.3, 0.4) is 0 Å². The average molecular weight is 344 g/mol. The Balaban J connectivity index is 1.34. The number of benzene rings is 2. The normalized spacial score (nSPS) is 16.8. The number of ether oxygens (including phenoxy) is 1. The molecule has 0 aliphatic carbocycles. The van der Waals surface area contributed by atoms with Gasteiger partial charge in [-0.05, 0) is 23.8 Å². The standard InChI is InChI=1S/C18H20N2O3S/c21-18(19-10-11-24(22)16-7-2-1-3-8-16)20-13-15-12-14-6-4-5-9-17(14)23-15/h1-9,15H,10-13H2,(H2,19,20,21)/t15-,24+/m0/s1. The van der Waals surface area contributed by atoms with E-state index in [0.717, 1.165) is 17.1 Å². The van der Waals surface area contributed by atoms with Crippen LogP contribution >= 0.6 is 0 Å². The van der Waals surface area contributed by atoms with Gasteiger partial charge in [-0.3, -0.25) is 4.21 Å². The van der Waals surface area contributed by atoms with E-state index >= 15 is 0 Å². The summed E-state index contributed by atoms with van der Waals surface area (Å²) in [5, 5.41) is 5.53. The number of para-hydroxylation sites is 1. The zero-order valence-corrected chi connectivity index (χ0v) is 14.1. The summed E-state index contributed by atoms with van der Waals surface area (Å²) in [4.78, 5) is 12.6. The van der Waals surface area contributed by atoms with E-state index in [2.05, 4.69) is 10.6 Å². The number of carbonyl (C=O) groups excluding carboxylic acids is 1. The van der Waals surface area contributed by atoms with Crippen LogP contribution < -0.4 is 15.4 Å². The van der Waals surface area contributed by atoms with Crippen LogP contribution in [-0.4, -0.2) is 35.2 Å². The Labute approximate surface area is 143 Å². The SMILES string of the molecule is O=C(NCC[S@@](=O)c1ccccc1)NC[C@@H]1Cc2ccccc2O1. The highest BCUT2D eigenvalue weighted by Gasteiger charge is 2.22. The van der Waals surface area contributed by atoms with Crippen LogP contribution in [0.5, 0.6) is 5.75 Å². The minimum Gasteiger partial charge on any atom is -0.488 e. The lowest BCUT2D eigenvalue weighted by molar-refractivity contribution is 0.214. The summed E-state index contributed by atoms with van der Waals surface area (Å²) < 4.78 is 17.8. The van der Waals surface area contributed by atoms with Crippen LogP contribution in [-0.2, 0) is 17.2 Å². The molecular weight excluding hydrogens is 324 g/mol. The minimum atomic E-state index is -1.10. The van der Waals surface area contributed by atoms with Crippen molar-refractivity contribution in [2.45, 2.75) is 17.4 Å². The maximum atomic E-state index is 12.0. The summed E-state index contributed by atoms with van der Waals surface area (Å²) >= 11 is 0. The van der Waals surface area contributed by atoms with Crippen LogP contribution in [0.2, 0.25) is 0 Å². The molecule has 5 nitrogen and oxygen atoms in total. The Morgan fingerprint density at radius 2 is 1.83 bits per heavy atom. The minimum absolute atomic E-state index is 0.0356. The van der Waals surface area contributed by atoms with E-state index in [-0.39, 0.29) is 12.1 Å². The fourth-order valence-electron chi connectivity index (χ4n) is 2.58. The largest absolute Gasteiger partial charge is 0.488 e. The van der Waals surface area contributed by atoms with Crippen LogP contribution in [0.25, 0.3) is 0 Å². The van der Waals surface area contributed by atoms with Gasteiger partial charge in [-0.15, -0.1) is 0 Å². The molecule has 0 aromatic heterocycles. The smallest absolute Gasteiger partial charge is 0.314 e. The predicted molar refractivity (Wildman–Crippen MR) is 93.7 cm³/mol. The Kier molecular flexibility index (Phi) is 5.48. The number of nitrogens with one attached hydrogen (secondary N) is 2. The third kappa shape index (κ3) is 4.35. The second kappa shape index (κ2) is 7.97. The molecule has 126 valence electrons. The summed E-state index contributed by atoms with van der Waals surface area (Å²) in [5.41, 5.74) is 1.17. The molecular formula is C18H20N2O3S. The molecule has 2 atom stereocenters. The number of hydrogen-bond donors (Lipinski definition) is 2. The molecule has 2 amide bonds. The number of carbonyl (C=O) groups is 1. The lowest BCUT2D eigenvalue weighted by Crippen LogP contribution is -2.42. The Hall–Kier alpha value is -2.34. The second-order valence-corrected chi connectivity index (χ2v) is 7.12. The van der Waals surface area contributed by atoms with Crippen molar-refractivity contribution in [1.29, 1.82) is 0 Å². The number of rotatable bonds is 6. The van der Waals surface area contributed by atoms with E-state index in [9.17, 15) is 9.00 Å². The molecule has 2 aromatic rings. The van der Waals surface area contributed by atoms with Gasteiger partial charge in [0.05, 0.1) is 17.3 Å². The summed E-state index contributed by atoms with van der Waals surface area (Å²) in [5.74, 6) is 1.28. The van der Waals surface area contributed by atoms with Crippen LogP contribution in [0.15, 0.2) is 59.5 Å². The molecule has 2 N–H and O–H groups in total. The molecule has 0 bridgehead atoms. The van der Waals surface area contributed by atoms with Gasteiger partial charge >= 0.3 is 6.03 Å². The number of amides is 2. The van der Waals surface area contributed by atoms with E-state index in [1.54, 1.807) is 0 Å². The fraction of sp³-hybridized carbons (Fsp3) is 0.278. The van der Waals surface area contributed by atoms with Gasteiger partial charge in [0.15, 0.2) is 0 Å². The van der Waals surface area contributed by atoms with E-state index < -0.39 is 10.8 Å². The molecule has 1 aliphatic heterocycles. The monoisotopic (exact) mass is 344 g/mol. The predicted octanol–water partition coefficient (Wildman–Crippen LogP) is 2.10. The number of urea groups is 1. The van der Waals surface area contributed by atoms with Crippen molar-refractivity contribution in [3.63, 3.8) is 0 Å². The molecule has 0 unspecified atom stereocenters. The van der Waals surface area contributed by atoms with Crippen molar-refractivity contribution in [3.8, 4) is 5.75 Å². The average Bonchev–Trinajstić information content (AvgIpc) is 3.03. The molecule has 0 radical (unpaired) electrons. The van der Waals surface area contributed by atoms with Crippen molar-refractivity contribution in [3.05, 3.63) is 60.2 Å². The van der Waals surface area contributed by atoms with Gasteiger partial charge in [0.25, 0.3) is 0 Å². The van der Waals surface area contributed by atoms with Crippen LogP contribution in [0, 0.1) is 0 Å². The summed E-state index contributed by atoms with van der Waals surface area (Å²) in [7, 11) is -1.10. The quantitative estimate of drug-likeness (QED) is 0.843. The summed E-state index contributed by atoms with van der Waals surface area (Å²) in [6, 6.07) is 16.9. The molecule has 0 saturated carbocycles. The molecule has 6 heteroatoms. The lowest BCUT2D eigenvalue weighted by Gasteiger charge is -2.12. The topological polar surface area (TPSA) is 67.4 Å². The molecule has 0 spiro atoms. The zero-order valence-electron chi connectivity index (χ0n) is 13.2. The van der Waals surface area contributed by atoms with E-state index in [1.807, 2.05) is 54.6 Å². The molecule has 0 saturated heterocycles. The van der Waals surface area contributed by atoms with Crippen molar-refractivity contribution in [2.24, 2.45) is 0 Å². The van der Waals surface area contributed by atoms with Crippen LogP contribution in [0.1, 0.15) is 5.56 Å². The highest BCUT2D eigenvalue weighted by molar-refractivity contribution is 7.85. The molecule has 0 fully saturated rings. The summed E-state index contributed by atoms with van der Waals surface area (Å²) in [6.45, 7) is 0.807. The first-order chi connectivity index (χ1) is 11.7. The van der Waals surface area contributed by atoms with Crippen LogP contribution in [0.4, 0.5) is 4.79 Å². The van der Waals surface area contributed by atoms with Gasteiger partial charge in [-0.1, -0.05) is 36.4 Å². The Morgan fingerprint density at radius 3 is 2.62 bits per heavy atom. The molecule has 1 aliphatic rings. The first-order valence-corrected chi connectivity index (χ1v) is 9.24. The number of fused-ring (bicyclic) bond motifs is 1. The highest BCUT2D eigenvalue weighted by atomic mass is 32.2. The molecule has 2 aromatic carbocycles. The molecule has 3 rings (SSSR count). The van der Waals surface area contributed by atoms with Crippen molar-refractivity contribution < 1.29 is 13.7 Å². The van der Waals surface area contributed by atoms with Crippen molar-refractivity contribution >= 4 is 16.8 Å². The highest BCUT2D eigenvalue weighted by Crippen LogP contribution is 2.27. The Bertz CT molecular complexity index is 696. The van der Waals surface area contributed by atoms with Gasteiger partial charge in [0.1, 0.15) is 11.9 Å².